The van der Waals surface area contributed by atoms with Gasteiger partial charge in [0.15, 0.2) is 0 Å². The standard InChI is InChI=1S/C25H29N9O3S/c1-32(38(2,36)37)23-17(4-3-9-28-23)15-34-16-21(22(26)35)20-14-29-25(31-24(20)34)30-18-5-7-19(8-6-18)33-12-10-27-11-13-33/h3-9,14,16,27H,10-13,15H2,1-2H3,(H2,26,35)(H,29,30,31). The summed E-state index contributed by atoms with van der Waals surface area (Å²) in [6.07, 6.45) is 5.80. The Morgan fingerprint density at radius 2 is 1.89 bits per heavy atom. The molecule has 5 rings (SSSR count). The first-order valence-corrected chi connectivity index (χ1v) is 13.9. The molecule has 1 saturated heterocycles. The van der Waals surface area contributed by atoms with Crippen LogP contribution >= 0.6 is 0 Å². The smallest absolute Gasteiger partial charge is 0.250 e. The van der Waals surface area contributed by atoms with Crippen molar-refractivity contribution >= 4 is 50.1 Å². The summed E-state index contributed by atoms with van der Waals surface area (Å²) in [7, 11) is -2.08. The second kappa shape index (κ2) is 10.3. The van der Waals surface area contributed by atoms with Gasteiger partial charge in [0.2, 0.25) is 16.0 Å². The first kappa shape index (κ1) is 25.4. The maximum atomic E-state index is 12.2. The third kappa shape index (κ3) is 5.24. The number of benzene rings is 1. The summed E-state index contributed by atoms with van der Waals surface area (Å²) in [4.78, 5) is 27.8. The number of piperazine rings is 1. The van der Waals surface area contributed by atoms with Gasteiger partial charge < -0.3 is 25.8 Å². The second-order valence-corrected chi connectivity index (χ2v) is 11.1. The number of sulfonamides is 1. The van der Waals surface area contributed by atoms with Crippen molar-refractivity contribution in [3.63, 3.8) is 0 Å². The van der Waals surface area contributed by atoms with Crippen LogP contribution in [0.1, 0.15) is 15.9 Å². The largest absolute Gasteiger partial charge is 0.369 e. The van der Waals surface area contributed by atoms with Gasteiger partial charge in [0, 0.05) is 68.8 Å². The molecule has 13 heteroatoms. The van der Waals surface area contributed by atoms with Crippen LogP contribution in [0.4, 0.5) is 23.1 Å². The third-order valence-electron chi connectivity index (χ3n) is 6.49. The van der Waals surface area contributed by atoms with E-state index in [0.717, 1.165) is 48.1 Å². The highest BCUT2D eigenvalue weighted by Gasteiger charge is 2.20. The number of primary amides is 1. The number of hydrogen-bond donors (Lipinski definition) is 3. The van der Waals surface area contributed by atoms with Crippen LogP contribution < -0.4 is 25.6 Å². The highest BCUT2D eigenvalue weighted by atomic mass is 32.2. The Labute approximate surface area is 220 Å². The van der Waals surface area contributed by atoms with Crippen molar-refractivity contribution in [3.05, 3.63) is 66.1 Å². The van der Waals surface area contributed by atoms with Crippen LogP contribution in [0.5, 0.6) is 0 Å². The highest BCUT2D eigenvalue weighted by molar-refractivity contribution is 7.92. The fraction of sp³-hybridized carbons (Fsp3) is 0.280. The minimum absolute atomic E-state index is 0.211. The van der Waals surface area contributed by atoms with Gasteiger partial charge in [0.1, 0.15) is 11.5 Å². The molecule has 1 aromatic carbocycles. The number of nitrogens with two attached hydrogens (primary N) is 1. The van der Waals surface area contributed by atoms with E-state index in [1.807, 2.05) is 12.1 Å². The summed E-state index contributed by atoms with van der Waals surface area (Å²) in [5.41, 5.74) is 8.98. The monoisotopic (exact) mass is 535 g/mol. The topological polar surface area (TPSA) is 151 Å². The van der Waals surface area contributed by atoms with Crippen molar-refractivity contribution < 1.29 is 13.2 Å². The minimum atomic E-state index is -3.53. The second-order valence-electron chi connectivity index (χ2n) is 9.09. The number of nitrogens with zero attached hydrogens (tertiary/aromatic N) is 6. The Morgan fingerprint density at radius 3 is 2.58 bits per heavy atom. The molecule has 0 radical (unpaired) electrons. The molecule has 0 aliphatic carbocycles. The average molecular weight is 536 g/mol. The zero-order valence-electron chi connectivity index (χ0n) is 21.1. The van der Waals surface area contributed by atoms with Gasteiger partial charge in [-0.2, -0.15) is 4.98 Å². The first-order valence-electron chi connectivity index (χ1n) is 12.1. The van der Waals surface area contributed by atoms with E-state index < -0.39 is 15.9 Å². The predicted octanol–water partition coefficient (Wildman–Crippen LogP) is 1.52. The van der Waals surface area contributed by atoms with Crippen molar-refractivity contribution in [2.75, 3.05) is 54.0 Å². The van der Waals surface area contributed by atoms with Crippen LogP contribution in [0.15, 0.2) is 55.0 Å². The van der Waals surface area contributed by atoms with Gasteiger partial charge in [-0.15, -0.1) is 0 Å². The lowest BCUT2D eigenvalue weighted by Gasteiger charge is -2.29. The van der Waals surface area contributed by atoms with Gasteiger partial charge in [-0.05, 0) is 30.3 Å². The summed E-state index contributed by atoms with van der Waals surface area (Å²) >= 11 is 0. The summed E-state index contributed by atoms with van der Waals surface area (Å²) in [6.45, 7) is 4.06. The number of carbonyl (C=O) groups is 1. The van der Waals surface area contributed by atoms with E-state index in [4.69, 9.17) is 5.73 Å². The van der Waals surface area contributed by atoms with Crippen LogP contribution in [0.3, 0.4) is 0 Å². The number of hydrogen-bond acceptors (Lipinski definition) is 9. The van der Waals surface area contributed by atoms with Gasteiger partial charge in [0.05, 0.1) is 23.8 Å². The van der Waals surface area contributed by atoms with Crippen molar-refractivity contribution in [1.82, 2.24) is 24.8 Å². The van der Waals surface area contributed by atoms with E-state index in [1.165, 1.54) is 13.2 Å². The Kier molecular flexibility index (Phi) is 6.87. The van der Waals surface area contributed by atoms with Crippen LogP contribution in [0.2, 0.25) is 0 Å². The molecule has 4 N–H and O–H groups in total. The summed E-state index contributed by atoms with van der Waals surface area (Å²) in [5.74, 6) is 0.0261. The summed E-state index contributed by atoms with van der Waals surface area (Å²) in [6, 6.07) is 11.6. The summed E-state index contributed by atoms with van der Waals surface area (Å²) in [5, 5.41) is 7.07. The lowest BCUT2D eigenvalue weighted by molar-refractivity contribution is 0.100. The predicted molar refractivity (Wildman–Crippen MR) is 147 cm³/mol. The molecule has 0 saturated carbocycles. The average Bonchev–Trinajstić information content (AvgIpc) is 3.27. The van der Waals surface area contributed by atoms with Crippen LogP contribution in [-0.4, -0.2) is 73.3 Å². The Morgan fingerprint density at radius 1 is 1.16 bits per heavy atom. The molecule has 1 aliphatic heterocycles. The normalized spacial score (nSPS) is 14.0. The molecule has 4 aromatic rings. The number of anilines is 4. The molecule has 38 heavy (non-hydrogen) atoms. The van der Waals surface area contributed by atoms with E-state index in [9.17, 15) is 13.2 Å². The van der Waals surface area contributed by atoms with E-state index >= 15 is 0 Å². The number of aromatic nitrogens is 4. The van der Waals surface area contributed by atoms with Gasteiger partial charge in [-0.25, -0.2) is 18.4 Å². The quantitative estimate of drug-likeness (QED) is 0.305. The molecule has 1 amide bonds. The molecule has 3 aromatic heterocycles. The SMILES string of the molecule is CN(c1ncccc1Cn1cc(C(N)=O)c2cnc(Nc3ccc(N4CCNCC4)cc3)nc21)S(C)(=O)=O. The van der Waals surface area contributed by atoms with Gasteiger partial charge >= 0.3 is 0 Å². The van der Waals surface area contributed by atoms with Crippen molar-refractivity contribution in [2.45, 2.75) is 6.54 Å². The molecule has 1 aliphatic rings. The first-order chi connectivity index (χ1) is 18.2. The number of amides is 1. The molecule has 0 bridgehead atoms. The Hall–Kier alpha value is -4.23. The number of pyridine rings is 1. The molecular weight excluding hydrogens is 506 g/mol. The fourth-order valence-corrected chi connectivity index (χ4v) is 4.91. The van der Waals surface area contributed by atoms with Gasteiger partial charge in [0.25, 0.3) is 5.91 Å². The minimum Gasteiger partial charge on any atom is -0.369 e. The molecular formula is C25H29N9O3S. The lowest BCUT2D eigenvalue weighted by atomic mass is 10.2. The van der Waals surface area contributed by atoms with Crippen LogP contribution in [0.25, 0.3) is 11.0 Å². The third-order valence-corrected chi connectivity index (χ3v) is 7.66. The van der Waals surface area contributed by atoms with E-state index in [1.54, 1.807) is 29.1 Å². The van der Waals surface area contributed by atoms with E-state index in [0.29, 0.717) is 22.5 Å². The summed E-state index contributed by atoms with van der Waals surface area (Å²) < 4.78 is 27.2. The molecule has 0 atom stereocenters. The number of nitrogens with one attached hydrogen (secondary N) is 2. The lowest BCUT2D eigenvalue weighted by Crippen LogP contribution is -2.43. The van der Waals surface area contributed by atoms with Crippen LogP contribution in [-0.2, 0) is 16.6 Å². The molecule has 1 fully saturated rings. The van der Waals surface area contributed by atoms with Gasteiger partial charge in [-0.3, -0.25) is 9.10 Å². The Bertz CT molecular complexity index is 1580. The fourth-order valence-electron chi connectivity index (χ4n) is 4.43. The van der Waals surface area contributed by atoms with E-state index in [2.05, 4.69) is 42.6 Å². The van der Waals surface area contributed by atoms with Crippen molar-refractivity contribution in [3.8, 4) is 0 Å². The zero-order chi connectivity index (χ0) is 26.9. The number of rotatable bonds is 8. The molecule has 0 unspecified atom stereocenters. The number of fused-ring (bicyclic) bond motifs is 1. The van der Waals surface area contributed by atoms with Gasteiger partial charge in [-0.1, -0.05) is 6.07 Å². The molecule has 198 valence electrons. The molecule has 0 spiro atoms. The maximum Gasteiger partial charge on any atom is 0.250 e. The van der Waals surface area contributed by atoms with Crippen molar-refractivity contribution in [2.24, 2.45) is 5.73 Å². The molecule has 12 nitrogen and oxygen atoms in total. The van der Waals surface area contributed by atoms with Crippen LogP contribution in [0, 0.1) is 0 Å². The maximum absolute atomic E-state index is 12.2. The highest BCUT2D eigenvalue weighted by Crippen LogP contribution is 2.26. The Balaban J connectivity index is 1.46. The van der Waals surface area contributed by atoms with Crippen molar-refractivity contribution in [1.29, 1.82) is 0 Å². The molecule has 4 heterocycles. The van der Waals surface area contributed by atoms with E-state index in [-0.39, 0.29) is 17.9 Å². The zero-order valence-corrected chi connectivity index (χ0v) is 21.9. The number of carbonyl (C=O) groups excluding carboxylic acids is 1.